The molecule has 0 bridgehead atoms. The van der Waals surface area contributed by atoms with Crippen molar-refractivity contribution in [1.82, 2.24) is 5.32 Å². The molecule has 3 nitrogen and oxygen atoms in total. The fourth-order valence-corrected chi connectivity index (χ4v) is 3.39. The molecule has 1 heterocycles. The fourth-order valence-electron chi connectivity index (χ4n) is 3.39. The van der Waals surface area contributed by atoms with Crippen LogP contribution in [0.3, 0.4) is 0 Å². The molecule has 0 aromatic carbocycles. The first-order valence-corrected chi connectivity index (χ1v) is 7.77. The second-order valence-electron chi connectivity index (χ2n) is 6.51. The lowest BCUT2D eigenvalue weighted by molar-refractivity contribution is 0.0127. The van der Waals surface area contributed by atoms with Crippen molar-refractivity contribution in [2.24, 2.45) is 5.73 Å². The molecule has 0 aromatic rings. The first kappa shape index (κ1) is 14.3. The second-order valence-corrected chi connectivity index (χ2v) is 6.51. The van der Waals surface area contributed by atoms with Crippen molar-refractivity contribution >= 4 is 0 Å². The van der Waals surface area contributed by atoms with Crippen molar-refractivity contribution in [3.63, 3.8) is 0 Å². The normalized spacial score (nSPS) is 33.0. The van der Waals surface area contributed by atoms with Gasteiger partial charge in [0, 0.05) is 25.2 Å². The third-order valence-corrected chi connectivity index (χ3v) is 4.84. The van der Waals surface area contributed by atoms with Crippen LogP contribution in [0.2, 0.25) is 0 Å². The van der Waals surface area contributed by atoms with E-state index in [1.165, 1.54) is 57.8 Å². The van der Waals surface area contributed by atoms with Gasteiger partial charge in [0.15, 0.2) is 0 Å². The van der Waals surface area contributed by atoms with Gasteiger partial charge in [0.05, 0.1) is 5.60 Å². The summed E-state index contributed by atoms with van der Waals surface area (Å²) in [6.07, 6.45) is 11.6. The van der Waals surface area contributed by atoms with Gasteiger partial charge in [-0.25, -0.2) is 0 Å². The number of hydrogen-bond donors (Lipinski definition) is 2. The van der Waals surface area contributed by atoms with Gasteiger partial charge in [-0.3, -0.25) is 0 Å². The standard InChI is InChI=1S/C15H30N2O/c1-14(8-7-11-18-14)13-17-15(12-16)9-5-3-2-4-6-10-15/h17H,2-13,16H2,1H3. The average Bonchev–Trinajstić information content (AvgIpc) is 2.77. The summed E-state index contributed by atoms with van der Waals surface area (Å²) in [6, 6.07) is 0. The third-order valence-electron chi connectivity index (χ3n) is 4.84. The molecule has 1 saturated heterocycles. The van der Waals surface area contributed by atoms with Crippen molar-refractivity contribution in [3.8, 4) is 0 Å². The van der Waals surface area contributed by atoms with E-state index in [0.29, 0.717) is 0 Å². The average molecular weight is 254 g/mol. The van der Waals surface area contributed by atoms with E-state index in [-0.39, 0.29) is 11.1 Å². The maximum Gasteiger partial charge on any atom is 0.0779 e. The van der Waals surface area contributed by atoms with Gasteiger partial charge < -0.3 is 15.8 Å². The van der Waals surface area contributed by atoms with Gasteiger partial charge in [0.2, 0.25) is 0 Å². The molecule has 1 saturated carbocycles. The van der Waals surface area contributed by atoms with Crippen molar-refractivity contribution in [3.05, 3.63) is 0 Å². The lowest BCUT2D eigenvalue weighted by Crippen LogP contribution is -2.55. The predicted molar refractivity (Wildman–Crippen MR) is 75.7 cm³/mol. The van der Waals surface area contributed by atoms with Crippen molar-refractivity contribution < 1.29 is 4.74 Å². The minimum Gasteiger partial charge on any atom is -0.374 e. The summed E-state index contributed by atoms with van der Waals surface area (Å²) in [5.74, 6) is 0. The SMILES string of the molecule is CC1(CNC2(CN)CCCCCCC2)CCCO1. The van der Waals surface area contributed by atoms with Crippen LogP contribution in [0.5, 0.6) is 0 Å². The van der Waals surface area contributed by atoms with Gasteiger partial charge in [0.1, 0.15) is 0 Å². The molecule has 106 valence electrons. The minimum absolute atomic E-state index is 0.0462. The van der Waals surface area contributed by atoms with Crippen LogP contribution in [0, 0.1) is 0 Å². The quantitative estimate of drug-likeness (QED) is 0.810. The van der Waals surface area contributed by atoms with Crippen molar-refractivity contribution in [2.75, 3.05) is 19.7 Å². The van der Waals surface area contributed by atoms with Crippen molar-refractivity contribution in [2.45, 2.75) is 75.9 Å². The van der Waals surface area contributed by atoms with Crippen LogP contribution in [-0.2, 0) is 4.74 Å². The zero-order chi connectivity index (χ0) is 12.9. The van der Waals surface area contributed by atoms with Crippen LogP contribution >= 0.6 is 0 Å². The van der Waals surface area contributed by atoms with Crippen LogP contribution in [0.1, 0.15) is 64.7 Å². The molecule has 3 heteroatoms. The number of hydrogen-bond acceptors (Lipinski definition) is 3. The first-order chi connectivity index (χ1) is 8.68. The zero-order valence-electron chi connectivity index (χ0n) is 12.0. The van der Waals surface area contributed by atoms with Crippen LogP contribution in [-0.4, -0.2) is 30.8 Å². The highest BCUT2D eigenvalue weighted by Crippen LogP contribution is 2.29. The molecular formula is C15H30N2O. The molecule has 3 N–H and O–H groups in total. The van der Waals surface area contributed by atoms with Gasteiger partial charge in [-0.15, -0.1) is 0 Å². The number of ether oxygens (including phenoxy) is 1. The lowest BCUT2D eigenvalue weighted by Gasteiger charge is -2.38. The summed E-state index contributed by atoms with van der Waals surface area (Å²) in [5.41, 5.74) is 6.31. The zero-order valence-corrected chi connectivity index (χ0v) is 12.0. The monoisotopic (exact) mass is 254 g/mol. The highest BCUT2D eigenvalue weighted by Gasteiger charge is 2.34. The molecule has 0 radical (unpaired) electrons. The van der Waals surface area contributed by atoms with E-state index in [0.717, 1.165) is 19.7 Å². The predicted octanol–water partition coefficient (Wildman–Crippen LogP) is 2.59. The number of rotatable bonds is 4. The molecule has 18 heavy (non-hydrogen) atoms. The van der Waals surface area contributed by atoms with Crippen LogP contribution in [0.15, 0.2) is 0 Å². The molecule has 0 aromatic heterocycles. The second kappa shape index (κ2) is 6.36. The molecule has 1 aliphatic heterocycles. The van der Waals surface area contributed by atoms with Gasteiger partial charge in [-0.05, 0) is 32.6 Å². The molecule has 0 spiro atoms. The maximum atomic E-state index is 6.08. The van der Waals surface area contributed by atoms with Crippen LogP contribution in [0.25, 0.3) is 0 Å². The molecule has 2 fully saturated rings. The number of nitrogens with one attached hydrogen (secondary N) is 1. The minimum atomic E-state index is 0.0462. The topological polar surface area (TPSA) is 47.3 Å². The smallest absolute Gasteiger partial charge is 0.0779 e. The summed E-state index contributed by atoms with van der Waals surface area (Å²) in [7, 11) is 0. The maximum absolute atomic E-state index is 6.08. The Hall–Kier alpha value is -0.120. The van der Waals surface area contributed by atoms with Gasteiger partial charge in [0.25, 0.3) is 0 Å². The van der Waals surface area contributed by atoms with E-state index < -0.39 is 0 Å². The lowest BCUT2D eigenvalue weighted by atomic mass is 9.83. The molecule has 1 unspecified atom stereocenters. The summed E-state index contributed by atoms with van der Waals surface area (Å²) < 4.78 is 5.87. The molecule has 1 aliphatic carbocycles. The summed E-state index contributed by atoms with van der Waals surface area (Å²) >= 11 is 0. The molecule has 0 amide bonds. The third kappa shape index (κ3) is 3.69. The molecular weight excluding hydrogens is 224 g/mol. The Morgan fingerprint density at radius 1 is 1.00 bits per heavy atom. The summed E-state index contributed by atoms with van der Waals surface area (Å²) in [6.45, 7) is 4.89. The summed E-state index contributed by atoms with van der Waals surface area (Å²) in [4.78, 5) is 0. The Balaban J connectivity index is 1.89. The van der Waals surface area contributed by atoms with E-state index >= 15 is 0 Å². The van der Waals surface area contributed by atoms with E-state index in [1.807, 2.05) is 0 Å². The van der Waals surface area contributed by atoms with Gasteiger partial charge >= 0.3 is 0 Å². The molecule has 1 atom stereocenters. The highest BCUT2D eigenvalue weighted by molar-refractivity contribution is 4.94. The Morgan fingerprint density at radius 3 is 2.22 bits per heavy atom. The summed E-state index contributed by atoms with van der Waals surface area (Å²) in [5, 5.41) is 3.78. The van der Waals surface area contributed by atoms with Gasteiger partial charge in [-0.1, -0.05) is 32.1 Å². The van der Waals surface area contributed by atoms with Crippen LogP contribution < -0.4 is 11.1 Å². The first-order valence-electron chi connectivity index (χ1n) is 7.77. The van der Waals surface area contributed by atoms with E-state index in [9.17, 15) is 0 Å². The molecule has 2 aliphatic rings. The Kier molecular flexibility index (Phi) is 5.05. The highest BCUT2D eigenvalue weighted by atomic mass is 16.5. The van der Waals surface area contributed by atoms with E-state index in [4.69, 9.17) is 10.5 Å². The largest absolute Gasteiger partial charge is 0.374 e. The van der Waals surface area contributed by atoms with Crippen LogP contribution in [0.4, 0.5) is 0 Å². The van der Waals surface area contributed by atoms with Crippen molar-refractivity contribution in [1.29, 1.82) is 0 Å². The Bertz CT molecular complexity index is 241. The Labute approximate surface area is 112 Å². The Morgan fingerprint density at radius 2 is 1.67 bits per heavy atom. The molecule has 2 rings (SSSR count). The van der Waals surface area contributed by atoms with E-state index in [2.05, 4.69) is 12.2 Å². The fraction of sp³-hybridized carbons (Fsp3) is 1.00. The van der Waals surface area contributed by atoms with E-state index in [1.54, 1.807) is 0 Å². The number of nitrogens with two attached hydrogens (primary N) is 1. The van der Waals surface area contributed by atoms with Gasteiger partial charge in [-0.2, -0.15) is 0 Å².